The highest BCUT2D eigenvalue weighted by Gasteiger charge is 2.23. The molecule has 2 atom stereocenters. The number of aliphatic hydroxyl groups excluding tert-OH is 1. The summed E-state index contributed by atoms with van der Waals surface area (Å²) in [7, 11) is 0. The van der Waals surface area contributed by atoms with Crippen molar-refractivity contribution in [3.8, 4) is 17.0 Å². The van der Waals surface area contributed by atoms with Gasteiger partial charge in [-0.1, -0.05) is 6.92 Å². The molecule has 0 aromatic carbocycles. The van der Waals surface area contributed by atoms with Gasteiger partial charge >= 0.3 is 6.61 Å². The number of hydrogen-bond acceptors (Lipinski definition) is 8. The van der Waals surface area contributed by atoms with Crippen LogP contribution in [-0.2, 0) is 0 Å². The highest BCUT2D eigenvalue weighted by atomic mass is 19.3. The first-order valence-electron chi connectivity index (χ1n) is 10.1. The number of pyridine rings is 1. The van der Waals surface area contributed by atoms with E-state index < -0.39 is 12.7 Å². The van der Waals surface area contributed by atoms with Crippen molar-refractivity contribution in [1.82, 2.24) is 15.0 Å². The summed E-state index contributed by atoms with van der Waals surface area (Å²) in [5.41, 5.74) is 6.68. The second-order valence-corrected chi connectivity index (χ2v) is 7.50. The fraction of sp³-hybridized carbons (Fsp3) is 0.550. The van der Waals surface area contributed by atoms with Crippen LogP contribution in [0.15, 0.2) is 18.3 Å². The van der Waals surface area contributed by atoms with E-state index in [2.05, 4.69) is 28.6 Å². The average molecular weight is 422 g/mol. The fourth-order valence-electron chi connectivity index (χ4n) is 3.16. The minimum atomic E-state index is -3.01. The van der Waals surface area contributed by atoms with Gasteiger partial charge < -0.3 is 25.4 Å². The molecule has 30 heavy (non-hydrogen) atoms. The third-order valence-electron chi connectivity index (χ3n) is 5.11. The molecule has 10 heteroatoms. The molecule has 3 heterocycles. The van der Waals surface area contributed by atoms with E-state index in [1.165, 1.54) is 12.3 Å². The lowest BCUT2D eigenvalue weighted by atomic mass is 10.1. The Morgan fingerprint density at radius 3 is 2.57 bits per heavy atom. The van der Waals surface area contributed by atoms with Crippen LogP contribution in [0.1, 0.15) is 33.6 Å². The molecule has 2 aromatic heterocycles. The summed E-state index contributed by atoms with van der Waals surface area (Å²) in [6.45, 7) is 4.96. The number of nitrogens with two attached hydrogens (primary N) is 1. The van der Waals surface area contributed by atoms with Crippen molar-refractivity contribution in [2.24, 2.45) is 0 Å². The van der Waals surface area contributed by atoms with Gasteiger partial charge in [-0.2, -0.15) is 13.8 Å². The maximum atomic E-state index is 12.7. The van der Waals surface area contributed by atoms with Gasteiger partial charge in [0.05, 0.1) is 11.8 Å². The standard InChI is InChI=1S/C20H28F2N6O2/c1-4-12(2)28(11-13(3)29)17-9-15(25-20(26-17)27-6-5-7-27)14-8-16(30-19(21)22)18(23)24-10-14/h8-10,12-13,19,29H,4-7,11H2,1-3H3,(H2,23,24)/t12-,13-/m0/s1. The first kappa shape index (κ1) is 21.9. The average Bonchev–Trinajstić information content (AvgIpc) is 2.65. The van der Waals surface area contributed by atoms with Crippen molar-refractivity contribution < 1.29 is 18.6 Å². The van der Waals surface area contributed by atoms with E-state index in [9.17, 15) is 13.9 Å². The van der Waals surface area contributed by atoms with Crippen molar-refractivity contribution in [1.29, 1.82) is 0 Å². The molecule has 0 radical (unpaired) electrons. The number of hydrogen-bond donors (Lipinski definition) is 2. The summed E-state index contributed by atoms with van der Waals surface area (Å²) < 4.78 is 29.9. The van der Waals surface area contributed by atoms with Crippen LogP contribution in [0.4, 0.5) is 26.4 Å². The Balaban J connectivity index is 2.07. The molecular weight excluding hydrogens is 394 g/mol. The van der Waals surface area contributed by atoms with E-state index in [1.54, 1.807) is 13.0 Å². The predicted molar refractivity (Wildman–Crippen MR) is 112 cm³/mol. The molecule has 2 aromatic rings. The maximum Gasteiger partial charge on any atom is 0.387 e. The third-order valence-corrected chi connectivity index (χ3v) is 5.11. The maximum absolute atomic E-state index is 12.7. The summed E-state index contributed by atoms with van der Waals surface area (Å²) in [6.07, 6.45) is 2.85. The van der Waals surface area contributed by atoms with Crippen molar-refractivity contribution in [2.45, 2.75) is 52.4 Å². The summed E-state index contributed by atoms with van der Waals surface area (Å²) in [6, 6.07) is 3.31. The van der Waals surface area contributed by atoms with Crippen molar-refractivity contribution in [2.75, 3.05) is 35.2 Å². The minimum absolute atomic E-state index is 0.119. The number of halogens is 2. The summed E-state index contributed by atoms with van der Waals surface area (Å²) in [5, 5.41) is 9.99. The molecule has 0 aliphatic carbocycles. The van der Waals surface area contributed by atoms with Gasteiger partial charge in [-0.3, -0.25) is 0 Å². The molecule has 1 aliphatic rings. The molecule has 164 valence electrons. The van der Waals surface area contributed by atoms with E-state index in [-0.39, 0.29) is 17.6 Å². The topological polar surface area (TPSA) is 101 Å². The normalized spacial score (nSPS) is 15.6. The summed E-state index contributed by atoms with van der Waals surface area (Å²) in [5.74, 6) is 0.897. The van der Waals surface area contributed by atoms with E-state index in [4.69, 9.17) is 10.7 Å². The minimum Gasteiger partial charge on any atom is -0.431 e. The van der Waals surface area contributed by atoms with Crippen LogP contribution in [0.5, 0.6) is 5.75 Å². The molecule has 0 amide bonds. The zero-order valence-electron chi connectivity index (χ0n) is 17.4. The van der Waals surface area contributed by atoms with Crippen molar-refractivity contribution in [3.05, 3.63) is 18.3 Å². The van der Waals surface area contributed by atoms with Crippen LogP contribution in [0.25, 0.3) is 11.3 Å². The van der Waals surface area contributed by atoms with Gasteiger partial charge in [0.25, 0.3) is 0 Å². The Labute approximate surface area is 174 Å². The van der Waals surface area contributed by atoms with Gasteiger partial charge in [0, 0.05) is 43.5 Å². The Kier molecular flexibility index (Phi) is 6.86. The van der Waals surface area contributed by atoms with Crippen LogP contribution in [0.2, 0.25) is 0 Å². The molecular formula is C20H28F2N6O2. The number of ether oxygens (including phenoxy) is 1. The number of nitrogens with zero attached hydrogens (tertiary/aromatic N) is 5. The molecule has 1 fully saturated rings. The molecule has 3 N–H and O–H groups in total. The Hall–Kier alpha value is -2.75. The van der Waals surface area contributed by atoms with Gasteiger partial charge in [-0.25, -0.2) is 9.97 Å². The van der Waals surface area contributed by atoms with Gasteiger partial charge in [-0.05, 0) is 32.8 Å². The quantitative estimate of drug-likeness (QED) is 0.636. The second kappa shape index (κ2) is 9.38. The first-order valence-corrected chi connectivity index (χ1v) is 10.1. The first-order chi connectivity index (χ1) is 14.3. The second-order valence-electron chi connectivity index (χ2n) is 7.50. The fourth-order valence-corrected chi connectivity index (χ4v) is 3.16. The number of aliphatic hydroxyl groups is 1. The summed E-state index contributed by atoms with van der Waals surface area (Å²) >= 11 is 0. The van der Waals surface area contributed by atoms with Crippen LogP contribution < -0.4 is 20.3 Å². The SMILES string of the molecule is CC[C@H](C)N(C[C@H](C)O)c1cc(-c2cnc(N)c(OC(F)F)c2)nc(N2CCC2)n1. The molecule has 0 bridgehead atoms. The van der Waals surface area contributed by atoms with Gasteiger partial charge in [0.2, 0.25) is 5.95 Å². The summed E-state index contributed by atoms with van der Waals surface area (Å²) in [4.78, 5) is 17.4. The molecule has 0 unspecified atom stereocenters. The van der Waals surface area contributed by atoms with E-state index in [0.29, 0.717) is 29.6 Å². The lowest BCUT2D eigenvalue weighted by molar-refractivity contribution is -0.0494. The Bertz CT molecular complexity index is 863. The smallest absolute Gasteiger partial charge is 0.387 e. The van der Waals surface area contributed by atoms with E-state index in [0.717, 1.165) is 25.9 Å². The largest absolute Gasteiger partial charge is 0.431 e. The van der Waals surface area contributed by atoms with Crippen LogP contribution in [0, 0.1) is 0 Å². The monoisotopic (exact) mass is 422 g/mol. The predicted octanol–water partition coefficient (Wildman–Crippen LogP) is 2.92. The van der Waals surface area contributed by atoms with Gasteiger partial charge in [0.1, 0.15) is 5.82 Å². The van der Waals surface area contributed by atoms with Crippen LogP contribution >= 0.6 is 0 Å². The number of alkyl halides is 2. The van der Waals surface area contributed by atoms with Crippen molar-refractivity contribution >= 4 is 17.6 Å². The number of aromatic nitrogens is 3. The molecule has 3 rings (SSSR count). The number of rotatable bonds is 9. The van der Waals surface area contributed by atoms with Gasteiger partial charge in [0.15, 0.2) is 11.6 Å². The number of nitrogen functional groups attached to an aromatic ring is 1. The van der Waals surface area contributed by atoms with Crippen molar-refractivity contribution in [3.63, 3.8) is 0 Å². The lowest BCUT2D eigenvalue weighted by Crippen LogP contribution is -2.41. The highest BCUT2D eigenvalue weighted by molar-refractivity contribution is 5.68. The number of anilines is 3. The Morgan fingerprint density at radius 2 is 2.00 bits per heavy atom. The zero-order valence-corrected chi connectivity index (χ0v) is 17.4. The highest BCUT2D eigenvalue weighted by Crippen LogP contribution is 2.31. The molecule has 0 spiro atoms. The van der Waals surface area contributed by atoms with Crippen LogP contribution in [0.3, 0.4) is 0 Å². The van der Waals surface area contributed by atoms with Gasteiger partial charge in [-0.15, -0.1) is 0 Å². The third kappa shape index (κ3) is 5.05. The van der Waals surface area contributed by atoms with E-state index in [1.807, 2.05) is 9.80 Å². The molecule has 1 saturated heterocycles. The van der Waals surface area contributed by atoms with Crippen LogP contribution in [-0.4, -0.2) is 58.5 Å². The lowest BCUT2D eigenvalue weighted by Gasteiger charge is -2.34. The Morgan fingerprint density at radius 1 is 1.27 bits per heavy atom. The molecule has 1 aliphatic heterocycles. The zero-order chi connectivity index (χ0) is 21.8. The molecule has 0 saturated carbocycles. The van der Waals surface area contributed by atoms with E-state index >= 15 is 0 Å². The molecule has 8 nitrogen and oxygen atoms in total.